The van der Waals surface area contributed by atoms with E-state index in [0.717, 1.165) is 6.42 Å². The lowest BCUT2D eigenvalue weighted by Crippen LogP contribution is -2.34. The van der Waals surface area contributed by atoms with Crippen LogP contribution in [0.5, 0.6) is 5.75 Å². The molecule has 0 radical (unpaired) electrons. The molecule has 120 valence electrons. The molecule has 1 aromatic rings. The number of hydrogen-bond donors (Lipinski definition) is 1. The van der Waals surface area contributed by atoms with Crippen LogP contribution in [-0.2, 0) is 10.0 Å². The van der Waals surface area contributed by atoms with Gasteiger partial charge in [0.25, 0.3) is 0 Å². The topological polar surface area (TPSA) is 72.6 Å². The Morgan fingerprint density at radius 1 is 1.48 bits per heavy atom. The second kappa shape index (κ2) is 6.83. The summed E-state index contributed by atoms with van der Waals surface area (Å²) in [5, 5.41) is 0. The summed E-state index contributed by atoms with van der Waals surface area (Å²) in [7, 11) is -2.09. The third-order valence-corrected chi connectivity index (χ3v) is 6.12. The van der Waals surface area contributed by atoms with Gasteiger partial charge in [-0.1, -0.05) is 22.9 Å². The van der Waals surface area contributed by atoms with Crippen LogP contribution in [0, 0.1) is 5.41 Å². The van der Waals surface area contributed by atoms with Crippen LogP contribution in [0.25, 0.3) is 0 Å². The van der Waals surface area contributed by atoms with Crippen LogP contribution >= 0.6 is 28.3 Å². The number of sulfonamides is 1. The first-order valence-corrected chi connectivity index (χ1v) is 8.59. The van der Waals surface area contributed by atoms with Crippen molar-refractivity contribution in [3.8, 4) is 5.75 Å². The maximum atomic E-state index is 12.8. The number of ether oxygens (including phenoxy) is 1. The molecule has 0 bridgehead atoms. The minimum Gasteiger partial charge on any atom is -0.495 e. The van der Waals surface area contributed by atoms with Gasteiger partial charge < -0.3 is 10.5 Å². The molecule has 5 nitrogen and oxygen atoms in total. The van der Waals surface area contributed by atoms with Crippen LogP contribution in [-0.4, -0.2) is 39.5 Å². The first kappa shape index (κ1) is 18.7. The van der Waals surface area contributed by atoms with Gasteiger partial charge >= 0.3 is 0 Å². The second-order valence-corrected chi connectivity index (χ2v) is 8.22. The fraction of sp³-hybridized carbons (Fsp3) is 0.538. The van der Waals surface area contributed by atoms with Gasteiger partial charge in [0.2, 0.25) is 10.0 Å². The molecule has 2 N–H and O–H groups in total. The Bertz CT molecular complexity index is 611. The van der Waals surface area contributed by atoms with Crippen LogP contribution in [0.4, 0.5) is 0 Å². The lowest BCUT2D eigenvalue weighted by Gasteiger charge is -2.23. The molecule has 1 atom stereocenters. The summed E-state index contributed by atoms with van der Waals surface area (Å²) in [5.74, 6) is 0.356. The highest BCUT2D eigenvalue weighted by atomic mass is 79.9. The van der Waals surface area contributed by atoms with Crippen molar-refractivity contribution in [3.05, 3.63) is 22.7 Å². The molecule has 8 heteroatoms. The van der Waals surface area contributed by atoms with Crippen molar-refractivity contribution in [1.82, 2.24) is 4.31 Å². The number of halogens is 2. The smallest absolute Gasteiger partial charge is 0.246 e. The summed E-state index contributed by atoms with van der Waals surface area (Å²) >= 11 is 3.30. The Labute approximate surface area is 140 Å². The lowest BCUT2D eigenvalue weighted by atomic mass is 9.90. The first-order chi connectivity index (χ1) is 9.32. The predicted octanol–water partition coefficient (Wildman–Crippen LogP) is 2.24. The SMILES string of the molecule is COc1ccc(Br)cc1S(=O)(=O)N1CCC(C)(CN)C1.Cl. The summed E-state index contributed by atoms with van der Waals surface area (Å²) in [5.41, 5.74) is 5.59. The maximum Gasteiger partial charge on any atom is 0.246 e. The van der Waals surface area contributed by atoms with Gasteiger partial charge in [-0.2, -0.15) is 4.31 Å². The van der Waals surface area contributed by atoms with Crippen molar-refractivity contribution in [3.63, 3.8) is 0 Å². The summed E-state index contributed by atoms with van der Waals surface area (Å²) in [4.78, 5) is 0.190. The van der Waals surface area contributed by atoms with Crippen LogP contribution in [0.1, 0.15) is 13.3 Å². The van der Waals surface area contributed by atoms with Gasteiger partial charge in [0.05, 0.1) is 7.11 Å². The Balaban J connectivity index is 0.00000220. The molecule has 1 heterocycles. The van der Waals surface area contributed by atoms with E-state index in [4.69, 9.17) is 10.5 Å². The fourth-order valence-electron chi connectivity index (χ4n) is 2.34. The molecule has 0 saturated carbocycles. The van der Waals surface area contributed by atoms with Crippen LogP contribution in [0.3, 0.4) is 0 Å². The van der Waals surface area contributed by atoms with Crippen molar-refractivity contribution < 1.29 is 13.2 Å². The van der Waals surface area contributed by atoms with Gasteiger partial charge in [-0.05, 0) is 36.6 Å². The number of methoxy groups -OCH3 is 1. The predicted molar refractivity (Wildman–Crippen MR) is 88.5 cm³/mol. The molecule has 2 rings (SSSR count). The highest BCUT2D eigenvalue weighted by Crippen LogP contribution is 2.36. The van der Waals surface area contributed by atoms with E-state index in [1.807, 2.05) is 6.92 Å². The number of benzene rings is 1. The van der Waals surface area contributed by atoms with Crippen molar-refractivity contribution in [1.29, 1.82) is 0 Å². The van der Waals surface area contributed by atoms with E-state index in [0.29, 0.717) is 29.9 Å². The Morgan fingerprint density at radius 2 is 2.14 bits per heavy atom. The number of nitrogens with zero attached hydrogens (tertiary/aromatic N) is 1. The summed E-state index contributed by atoms with van der Waals surface area (Å²) in [6, 6.07) is 4.98. The Kier molecular flexibility index (Phi) is 6.08. The van der Waals surface area contributed by atoms with Crippen LogP contribution in [0.2, 0.25) is 0 Å². The number of hydrogen-bond acceptors (Lipinski definition) is 4. The molecule has 1 aliphatic heterocycles. The van der Waals surface area contributed by atoms with E-state index in [9.17, 15) is 8.42 Å². The van der Waals surface area contributed by atoms with Crippen molar-refractivity contribution in [2.24, 2.45) is 11.1 Å². The Morgan fingerprint density at radius 3 is 2.67 bits per heavy atom. The number of nitrogens with two attached hydrogens (primary N) is 1. The van der Waals surface area contributed by atoms with Gasteiger partial charge in [-0.15, -0.1) is 12.4 Å². The first-order valence-electron chi connectivity index (χ1n) is 6.36. The van der Waals surface area contributed by atoms with E-state index in [1.165, 1.54) is 11.4 Å². The molecule has 0 amide bonds. The van der Waals surface area contributed by atoms with Gasteiger partial charge in [-0.3, -0.25) is 0 Å². The van der Waals surface area contributed by atoms with Crippen molar-refractivity contribution in [2.75, 3.05) is 26.7 Å². The third kappa shape index (κ3) is 3.71. The summed E-state index contributed by atoms with van der Waals surface area (Å²) in [6.45, 7) is 3.43. The van der Waals surface area contributed by atoms with Crippen LogP contribution < -0.4 is 10.5 Å². The zero-order chi connectivity index (χ0) is 15.0. The largest absolute Gasteiger partial charge is 0.495 e. The van der Waals surface area contributed by atoms with Gasteiger partial charge in [0, 0.05) is 17.6 Å². The van der Waals surface area contributed by atoms with Gasteiger partial charge in [-0.25, -0.2) is 8.42 Å². The zero-order valence-electron chi connectivity index (χ0n) is 12.0. The fourth-order valence-corrected chi connectivity index (χ4v) is 4.63. The molecule has 1 saturated heterocycles. The van der Waals surface area contributed by atoms with E-state index in [-0.39, 0.29) is 22.7 Å². The monoisotopic (exact) mass is 398 g/mol. The average molecular weight is 400 g/mol. The quantitative estimate of drug-likeness (QED) is 0.843. The minimum atomic E-state index is -3.56. The molecule has 1 unspecified atom stereocenters. The molecule has 21 heavy (non-hydrogen) atoms. The Hall–Kier alpha value is -0.340. The molecule has 1 aromatic carbocycles. The standard InChI is InChI=1S/C13H19BrN2O3S.ClH/c1-13(8-15)5-6-16(9-13)20(17,18)12-7-10(14)3-4-11(12)19-2;/h3-4,7H,5-6,8-9,15H2,1-2H3;1H. The van der Waals surface area contributed by atoms with Crippen molar-refractivity contribution in [2.45, 2.75) is 18.2 Å². The minimum absolute atomic E-state index is 0. The van der Waals surface area contributed by atoms with E-state index >= 15 is 0 Å². The van der Waals surface area contributed by atoms with Gasteiger partial charge in [0.1, 0.15) is 10.6 Å². The van der Waals surface area contributed by atoms with Gasteiger partial charge in [0.15, 0.2) is 0 Å². The van der Waals surface area contributed by atoms with E-state index in [1.54, 1.807) is 18.2 Å². The summed E-state index contributed by atoms with van der Waals surface area (Å²) < 4.78 is 32.9. The maximum absolute atomic E-state index is 12.8. The highest BCUT2D eigenvalue weighted by Gasteiger charge is 2.40. The van der Waals surface area contributed by atoms with Crippen molar-refractivity contribution >= 4 is 38.4 Å². The van der Waals surface area contributed by atoms with Crippen LogP contribution in [0.15, 0.2) is 27.6 Å². The molecule has 1 fully saturated rings. The third-order valence-electron chi connectivity index (χ3n) is 3.76. The molecule has 0 aromatic heterocycles. The molecular weight excluding hydrogens is 380 g/mol. The van der Waals surface area contributed by atoms with E-state index < -0.39 is 10.0 Å². The second-order valence-electron chi connectivity index (χ2n) is 5.40. The molecule has 0 spiro atoms. The zero-order valence-corrected chi connectivity index (χ0v) is 15.2. The lowest BCUT2D eigenvalue weighted by molar-refractivity contribution is 0.348. The number of rotatable bonds is 4. The summed E-state index contributed by atoms with van der Waals surface area (Å²) in [6.07, 6.45) is 0.777. The molecule has 0 aliphatic carbocycles. The highest BCUT2D eigenvalue weighted by molar-refractivity contribution is 9.10. The average Bonchev–Trinajstić information content (AvgIpc) is 2.83. The molecular formula is C13H20BrClN2O3S. The molecule has 1 aliphatic rings. The van der Waals surface area contributed by atoms with E-state index in [2.05, 4.69) is 15.9 Å². The normalized spacial score (nSPS) is 22.9.